The van der Waals surface area contributed by atoms with Gasteiger partial charge in [0.2, 0.25) is 0 Å². The standard InChI is InChI=1S/C11H13ClF3N/c1-7-3-4-9(12)5-10(7)16-8(2)6-11(13,14)15/h3-5,8,16H,6H2,1-2H3. The van der Waals surface area contributed by atoms with Gasteiger partial charge in [0.25, 0.3) is 0 Å². The molecule has 1 nitrogen and oxygen atoms in total. The number of hydrogen-bond acceptors (Lipinski definition) is 1. The first-order valence-corrected chi connectivity index (χ1v) is 5.25. The van der Waals surface area contributed by atoms with Crippen molar-refractivity contribution in [2.75, 3.05) is 5.32 Å². The van der Waals surface area contributed by atoms with Crippen molar-refractivity contribution in [3.63, 3.8) is 0 Å². The van der Waals surface area contributed by atoms with Gasteiger partial charge >= 0.3 is 6.18 Å². The molecule has 0 fully saturated rings. The number of benzene rings is 1. The first kappa shape index (κ1) is 13.2. The molecular formula is C11H13ClF3N. The Bertz CT molecular complexity index is 363. The topological polar surface area (TPSA) is 12.0 Å². The summed E-state index contributed by atoms with van der Waals surface area (Å²) < 4.78 is 36.4. The lowest BCUT2D eigenvalue weighted by Gasteiger charge is -2.18. The van der Waals surface area contributed by atoms with Gasteiger partial charge < -0.3 is 5.32 Å². The van der Waals surface area contributed by atoms with Crippen LogP contribution in [0.25, 0.3) is 0 Å². The minimum Gasteiger partial charge on any atom is -0.382 e. The van der Waals surface area contributed by atoms with Crippen molar-refractivity contribution in [2.24, 2.45) is 0 Å². The highest BCUT2D eigenvalue weighted by atomic mass is 35.5. The molecule has 1 aromatic carbocycles. The van der Waals surface area contributed by atoms with E-state index < -0.39 is 18.6 Å². The number of anilines is 1. The molecule has 1 aromatic rings. The van der Waals surface area contributed by atoms with Gasteiger partial charge in [-0.1, -0.05) is 17.7 Å². The third-order valence-electron chi connectivity index (χ3n) is 2.14. The largest absolute Gasteiger partial charge is 0.391 e. The van der Waals surface area contributed by atoms with Crippen molar-refractivity contribution < 1.29 is 13.2 Å². The van der Waals surface area contributed by atoms with Gasteiger partial charge in [0.1, 0.15) is 0 Å². The fraction of sp³-hybridized carbons (Fsp3) is 0.455. The fourth-order valence-electron chi connectivity index (χ4n) is 1.41. The van der Waals surface area contributed by atoms with E-state index in [0.29, 0.717) is 10.7 Å². The summed E-state index contributed by atoms with van der Waals surface area (Å²) in [6.07, 6.45) is -5.02. The molecule has 0 saturated heterocycles. The molecule has 90 valence electrons. The molecule has 1 atom stereocenters. The third-order valence-corrected chi connectivity index (χ3v) is 2.37. The lowest BCUT2D eigenvalue weighted by Crippen LogP contribution is -2.24. The Hall–Kier alpha value is -0.900. The number of aryl methyl sites for hydroxylation is 1. The molecule has 0 heterocycles. The average molecular weight is 252 g/mol. The van der Waals surface area contributed by atoms with Gasteiger partial charge in [0.05, 0.1) is 6.42 Å². The normalized spacial score (nSPS) is 13.6. The van der Waals surface area contributed by atoms with Gasteiger partial charge in [0.15, 0.2) is 0 Å². The Morgan fingerprint density at radius 1 is 1.38 bits per heavy atom. The lowest BCUT2D eigenvalue weighted by molar-refractivity contribution is -0.136. The monoisotopic (exact) mass is 251 g/mol. The predicted molar refractivity (Wildman–Crippen MR) is 59.9 cm³/mol. The average Bonchev–Trinajstić information content (AvgIpc) is 2.08. The number of nitrogens with one attached hydrogen (secondary N) is 1. The molecule has 0 aliphatic carbocycles. The van der Waals surface area contributed by atoms with Crippen molar-refractivity contribution >= 4 is 17.3 Å². The van der Waals surface area contributed by atoms with Crippen LogP contribution in [0.15, 0.2) is 18.2 Å². The van der Waals surface area contributed by atoms with Crippen LogP contribution in [0, 0.1) is 6.92 Å². The minimum absolute atomic E-state index is 0.507. The molecule has 0 aliphatic heterocycles. The smallest absolute Gasteiger partial charge is 0.382 e. The summed E-state index contributed by atoms with van der Waals surface area (Å²) in [6.45, 7) is 3.31. The Labute approximate surface area is 97.6 Å². The second-order valence-electron chi connectivity index (χ2n) is 3.82. The Morgan fingerprint density at radius 2 is 2.00 bits per heavy atom. The van der Waals surface area contributed by atoms with E-state index in [-0.39, 0.29) is 0 Å². The molecule has 0 bridgehead atoms. The lowest BCUT2D eigenvalue weighted by atomic mass is 10.1. The molecule has 5 heteroatoms. The molecule has 0 aliphatic rings. The van der Waals surface area contributed by atoms with Crippen LogP contribution in [-0.4, -0.2) is 12.2 Å². The van der Waals surface area contributed by atoms with E-state index >= 15 is 0 Å². The second-order valence-corrected chi connectivity index (χ2v) is 4.26. The molecule has 0 spiro atoms. The number of rotatable bonds is 3. The second kappa shape index (κ2) is 4.95. The summed E-state index contributed by atoms with van der Waals surface area (Å²) >= 11 is 5.77. The number of alkyl halides is 3. The van der Waals surface area contributed by atoms with Gasteiger partial charge in [-0.15, -0.1) is 0 Å². The summed E-state index contributed by atoms with van der Waals surface area (Å²) in [7, 11) is 0. The molecule has 0 radical (unpaired) electrons. The zero-order chi connectivity index (χ0) is 12.3. The highest BCUT2D eigenvalue weighted by Crippen LogP contribution is 2.25. The first-order valence-electron chi connectivity index (χ1n) is 4.87. The minimum atomic E-state index is -4.15. The zero-order valence-electron chi connectivity index (χ0n) is 9.03. The van der Waals surface area contributed by atoms with Crippen LogP contribution in [0.2, 0.25) is 5.02 Å². The maximum Gasteiger partial charge on any atom is 0.391 e. The van der Waals surface area contributed by atoms with Gasteiger partial charge in [0, 0.05) is 16.8 Å². The quantitative estimate of drug-likeness (QED) is 0.840. The summed E-state index contributed by atoms with van der Waals surface area (Å²) in [5.74, 6) is 0. The van der Waals surface area contributed by atoms with Crippen molar-refractivity contribution in [3.05, 3.63) is 28.8 Å². The van der Waals surface area contributed by atoms with Gasteiger partial charge in [-0.25, -0.2) is 0 Å². The van der Waals surface area contributed by atoms with Crippen molar-refractivity contribution in [1.29, 1.82) is 0 Å². The Balaban J connectivity index is 2.69. The van der Waals surface area contributed by atoms with E-state index in [9.17, 15) is 13.2 Å². The van der Waals surface area contributed by atoms with Crippen LogP contribution in [0.4, 0.5) is 18.9 Å². The van der Waals surface area contributed by atoms with Crippen molar-refractivity contribution in [3.8, 4) is 0 Å². The molecule has 0 saturated carbocycles. The molecule has 1 N–H and O–H groups in total. The van der Waals surface area contributed by atoms with E-state index in [1.807, 2.05) is 6.92 Å². The Morgan fingerprint density at radius 3 is 2.56 bits per heavy atom. The fourth-order valence-corrected chi connectivity index (χ4v) is 1.59. The predicted octanol–water partition coefficient (Wildman–Crippen LogP) is 4.40. The molecule has 0 amide bonds. The Kier molecular flexibility index (Phi) is 4.08. The summed E-state index contributed by atoms with van der Waals surface area (Å²) in [6, 6.07) is 4.43. The highest BCUT2D eigenvalue weighted by Gasteiger charge is 2.29. The van der Waals surface area contributed by atoms with E-state index in [1.54, 1.807) is 18.2 Å². The summed E-state index contributed by atoms with van der Waals surface area (Å²) in [5.41, 5.74) is 1.52. The van der Waals surface area contributed by atoms with Crippen molar-refractivity contribution in [1.82, 2.24) is 0 Å². The molecule has 0 aromatic heterocycles. The van der Waals surface area contributed by atoms with Crippen LogP contribution in [0.3, 0.4) is 0 Å². The van der Waals surface area contributed by atoms with E-state index in [1.165, 1.54) is 6.92 Å². The van der Waals surface area contributed by atoms with Gasteiger partial charge in [-0.2, -0.15) is 13.2 Å². The molecule has 1 rings (SSSR count). The van der Waals surface area contributed by atoms with Crippen LogP contribution in [0.5, 0.6) is 0 Å². The number of halogens is 4. The maximum atomic E-state index is 12.1. The zero-order valence-corrected chi connectivity index (χ0v) is 9.78. The van der Waals surface area contributed by atoms with Gasteiger partial charge in [-0.05, 0) is 31.5 Å². The van der Waals surface area contributed by atoms with Crippen LogP contribution in [0.1, 0.15) is 18.9 Å². The summed E-state index contributed by atoms with van der Waals surface area (Å²) in [4.78, 5) is 0. The highest BCUT2D eigenvalue weighted by molar-refractivity contribution is 6.30. The number of hydrogen-bond donors (Lipinski definition) is 1. The van der Waals surface area contributed by atoms with E-state index in [0.717, 1.165) is 5.56 Å². The molecular weight excluding hydrogens is 239 g/mol. The van der Waals surface area contributed by atoms with Crippen LogP contribution in [-0.2, 0) is 0 Å². The first-order chi connectivity index (χ1) is 7.28. The maximum absolute atomic E-state index is 12.1. The van der Waals surface area contributed by atoms with Gasteiger partial charge in [-0.3, -0.25) is 0 Å². The molecule has 16 heavy (non-hydrogen) atoms. The van der Waals surface area contributed by atoms with Crippen LogP contribution >= 0.6 is 11.6 Å². The van der Waals surface area contributed by atoms with Crippen molar-refractivity contribution in [2.45, 2.75) is 32.5 Å². The SMILES string of the molecule is Cc1ccc(Cl)cc1NC(C)CC(F)(F)F. The van der Waals surface area contributed by atoms with Crippen LogP contribution < -0.4 is 5.32 Å². The van der Waals surface area contributed by atoms with E-state index in [2.05, 4.69) is 5.32 Å². The third kappa shape index (κ3) is 4.31. The molecule has 1 unspecified atom stereocenters. The van der Waals surface area contributed by atoms with E-state index in [4.69, 9.17) is 11.6 Å². The summed E-state index contributed by atoms with van der Waals surface area (Å²) in [5, 5.41) is 3.31.